The topological polar surface area (TPSA) is 86.1 Å². The number of hydrogen-bond acceptors (Lipinski definition) is 6. The fraction of sp³-hybridized carbons (Fsp3) is 0.429. The number of Topliss-reactive ketones (excluding diaryl/α,β-unsaturated/α-hetero) is 1. The van der Waals surface area contributed by atoms with Gasteiger partial charge in [-0.15, -0.1) is 10.2 Å². The van der Waals surface area contributed by atoms with E-state index in [1.165, 1.54) is 11.8 Å². The first-order valence-electron chi connectivity index (χ1n) is 12.3. The number of methoxy groups -OCH3 is 1. The summed E-state index contributed by atoms with van der Waals surface area (Å²) in [7, 11) is 1.59. The van der Waals surface area contributed by atoms with Crippen LogP contribution in [0, 0.1) is 23.7 Å². The summed E-state index contributed by atoms with van der Waals surface area (Å²) in [5.41, 5.74) is 2.23. The van der Waals surface area contributed by atoms with E-state index in [1.54, 1.807) is 31.4 Å². The molecular formula is C28H32N4O3S. The van der Waals surface area contributed by atoms with Crippen LogP contribution in [0.1, 0.15) is 55.4 Å². The summed E-state index contributed by atoms with van der Waals surface area (Å²) < 4.78 is 7.15. The summed E-state index contributed by atoms with van der Waals surface area (Å²) in [6.45, 7) is 8.83. The molecule has 0 aliphatic heterocycles. The number of nitrogens with zero attached hydrogens (tertiary/aromatic N) is 3. The third-order valence-corrected chi connectivity index (χ3v) is 9.70. The van der Waals surface area contributed by atoms with E-state index in [9.17, 15) is 9.59 Å². The van der Waals surface area contributed by atoms with Gasteiger partial charge in [0.15, 0.2) is 16.8 Å². The van der Waals surface area contributed by atoms with Gasteiger partial charge in [-0.1, -0.05) is 44.7 Å². The van der Waals surface area contributed by atoms with Gasteiger partial charge in [0.25, 0.3) is 5.91 Å². The molecule has 2 saturated carbocycles. The molecule has 1 N–H and O–H groups in total. The highest BCUT2D eigenvalue weighted by atomic mass is 32.2. The molecule has 3 aromatic rings. The lowest BCUT2D eigenvalue weighted by Gasteiger charge is -2.32. The van der Waals surface area contributed by atoms with E-state index in [-0.39, 0.29) is 28.5 Å². The van der Waals surface area contributed by atoms with Gasteiger partial charge in [-0.25, -0.2) is 0 Å². The second kappa shape index (κ2) is 9.07. The Morgan fingerprint density at radius 1 is 1.17 bits per heavy atom. The molecule has 3 unspecified atom stereocenters. The lowest BCUT2D eigenvalue weighted by Crippen LogP contribution is -2.34. The SMILES string of the molecule is COc1ccc(C(=O)NCc2nnc(SC3C(=O)C4(C)CCC3C4(C)C)n2-c2cccc(C)c2)cc1. The second-order valence-electron chi connectivity index (χ2n) is 10.6. The van der Waals surface area contributed by atoms with Crippen LogP contribution in [-0.4, -0.2) is 38.8 Å². The van der Waals surface area contributed by atoms with Gasteiger partial charge in [-0.3, -0.25) is 14.2 Å². The van der Waals surface area contributed by atoms with Gasteiger partial charge in [0.2, 0.25) is 0 Å². The molecule has 2 fully saturated rings. The molecule has 7 nitrogen and oxygen atoms in total. The molecular weight excluding hydrogens is 472 g/mol. The van der Waals surface area contributed by atoms with Crippen LogP contribution in [0.25, 0.3) is 5.69 Å². The minimum absolute atomic E-state index is 0.0366. The Morgan fingerprint density at radius 3 is 2.56 bits per heavy atom. The largest absolute Gasteiger partial charge is 0.497 e. The van der Waals surface area contributed by atoms with Crippen LogP contribution in [0.2, 0.25) is 0 Å². The Labute approximate surface area is 216 Å². The van der Waals surface area contributed by atoms with E-state index in [4.69, 9.17) is 4.74 Å². The van der Waals surface area contributed by atoms with Crippen LogP contribution in [-0.2, 0) is 11.3 Å². The number of ether oxygens (including phenoxy) is 1. The van der Waals surface area contributed by atoms with E-state index in [0.29, 0.717) is 34.0 Å². The summed E-state index contributed by atoms with van der Waals surface area (Å²) in [6, 6.07) is 15.1. The Kier molecular flexibility index (Phi) is 6.19. The van der Waals surface area contributed by atoms with E-state index >= 15 is 0 Å². The molecule has 2 aliphatic rings. The van der Waals surface area contributed by atoms with Crippen molar-refractivity contribution in [3.63, 3.8) is 0 Å². The van der Waals surface area contributed by atoms with Crippen molar-refractivity contribution < 1.29 is 14.3 Å². The Hall–Kier alpha value is -3.13. The van der Waals surface area contributed by atoms with Crippen LogP contribution in [0.4, 0.5) is 0 Å². The van der Waals surface area contributed by atoms with Gasteiger partial charge < -0.3 is 10.1 Å². The number of ketones is 1. The predicted molar refractivity (Wildman–Crippen MR) is 140 cm³/mol. The number of amides is 1. The normalized spacial score (nSPS) is 24.2. The number of nitrogens with one attached hydrogen (secondary N) is 1. The number of aryl methyl sites for hydroxylation is 1. The second-order valence-corrected chi connectivity index (χ2v) is 11.7. The highest BCUT2D eigenvalue weighted by Crippen LogP contribution is 2.66. The molecule has 2 bridgehead atoms. The Bertz CT molecular complexity index is 1320. The van der Waals surface area contributed by atoms with Gasteiger partial charge in [0, 0.05) is 16.7 Å². The minimum Gasteiger partial charge on any atom is -0.497 e. The number of hydrogen-bond donors (Lipinski definition) is 1. The number of carbonyl (C=O) groups is 2. The summed E-state index contributed by atoms with van der Waals surface area (Å²) in [5.74, 6) is 1.73. The summed E-state index contributed by atoms with van der Waals surface area (Å²) in [4.78, 5) is 26.3. The van der Waals surface area contributed by atoms with E-state index in [1.807, 2.05) is 29.7 Å². The highest BCUT2D eigenvalue weighted by Gasteiger charge is 2.66. The molecule has 0 saturated heterocycles. The number of fused-ring (bicyclic) bond motifs is 2. The maximum Gasteiger partial charge on any atom is 0.251 e. The van der Waals surface area contributed by atoms with Crippen LogP contribution in [0.5, 0.6) is 5.75 Å². The number of benzene rings is 2. The van der Waals surface area contributed by atoms with Crippen molar-refractivity contribution in [3.8, 4) is 11.4 Å². The van der Waals surface area contributed by atoms with Gasteiger partial charge >= 0.3 is 0 Å². The molecule has 0 spiro atoms. The van der Waals surface area contributed by atoms with Crippen LogP contribution in [0.3, 0.4) is 0 Å². The van der Waals surface area contributed by atoms with Crippen molar-refractivity contribution in [1.82, 2.24) is 20.1 Å². The maximum atomic E-state index is 13.5. The monoisotopic (exact) mass is 504 g/mol. The molecule has 8 heteroatoms. The third kappa shape index (κ3) is 3.92. The first-order chi connectivity index (χ1) is 17.2. The molecule has 2 aliphatic carbocycles. The number of aromatic nitrogens is 3. The molecule has 36 heavy (non-hydrogen) atoms. The number of thioether (sulfide) groups is 1. The van der Waals surface area contributed by atoms with E-state index in [0.717, 1.165) is 24.1 Å². The molecule has 1 aromatic heterocycles. The van der Waals surface area contributed by atoms with Crippen molar-refractivity contribution in [1.29, 1.82) is 0 Å². The maximum absolute atomic E-state index is 13.5. The van der Waals surface area contributed by atoms with Gasteiger partial charge in [0.1, 0.15) is 5.75 Å². The van der Waals surface area contributed by atoms with Crippen LogP contribution in [0.15, 0.2) is 53.7 Å². The van der Waals surface area contributed by atoms with Gasteiger partial charge in [-0.2, -0.15) is 0 Å². The summed E-state index contributed by atoms with van der Waals surface area (Å²) in [6.07, 6.45) is 2.00. The zero-order chi connectivity index (χ0) is 25.7. The minimum atomic E-state index is -0.293. The molecule has 1 heterocycles. The van der Waals surface area contributed by atoms with Crippen molar-refractivity contribution in [2.75, 3.05) is 7.11 Å². The number of carbonyl (C=O) groups excluding carboxylic acids is 2. The predicted octanol–water partition coefficient (Wildman–Crippen LogP) is 5.00. The fourth-order valence-corrected chi connectivity index (χ4v) is 7.41. The zero-order valence-corrected chi connectivity index (χ0v) is 22.2. The molecule has 1 amide bonds. The van der Waals surface area contributed by atoms with E-state index < -0.39 is 0 Å². The van der Waals surface area contributed by atoms with E-state index in [2.05, 4.69) is 42.4 Å². The molecule has 5 rings (SSSR count). The average Bonchev–Trinajstić information content (AvgIpc) is 3.41. The third-order valence-electron chi connectivity index (χ3n) is 8.42. The summed E-state index contributed by atoms with van der Waals surface area (Å²) >= 11 is 1.52. The van der Waals surface area contributed by atoms with Gasteiger partial charge in [-0.05, 0) is 73.1 Å². The van der Waals surface area contributed by atoms with Crippen molar-refractivity contribution in [2.24, 2.45) is 16.7 Å². The first-order valence-corrected chi connectivity index (χ1v) is 13.2. The molecule has 188 valence electrons. The highest BCUT2D eigenvalue weighted by molar-refractivity contribution is 8.00. The summed E-state index contributed by atoms with van der Waals surface area (Å²) in [5, 5.41) is 12.4. The molecule has 0 radical (unpaired) electrons. The average molecular weight is 505 g/mol. The Morgan fingerprint density at radius 2 is 1.92 bits per heavy atom. The smallest absolute Gasteiger partial charge is 0.251 e. The van der Waals surface area contributed by atoms with Crippen LogP contribution < -0.4 is 10.1 Å². The zero-order valence-electron chi connectivity index (χ0n) is 21.4. The van der Waals surface area contributed by atoms with Crippen LogP contribution >= 0.6 is 11.8 Å². The molecule has 3 atom stereocenters. The van der Waals surface area contributed by atoms with Crippen molar-refractivity contribution >= 4 is 23.5 Å². The van der Waals surface area contributed by atoms with Crippen molar-refractivity contribution in [2.45, 2.75) is 57.5 Å². The lowest BCUT2D eigenvalue weighted by molar-refractivity contribution is -0.127. The van der Waals surface area contributed by atoms with Crippen molar-refractivity contribution in [3.05, 3.63) is 65.5 Å². The standard InChI is InChI=1S/C28H32N4O3S/c1-17-7-6-8-19(15-17)32-22(16-29-25(34)18-9-11-20(35-5)12-10-18)30-31-26(32)36-23-21-13-14-28(4,24(23)33)27(21,2)3/h6-12,15,21,23H,13-14,16H2,1-5H3,(H,29,34). The van der Waals surface area contributed by atoms with Gasteiger partial charge in [0.05, 0.1) is 18.9 Å². The quantitative estimate of drug-likeness (QED) is 0.487. The first kappa shape index (κ1) is 24.6. The number of rotatable bonds is 7. The Balaban J connectivity index is 1.43. The lowest BCUT2D eigenvalue weighted by atomic mass is 9.70. The molecule has 2 aromatic carbocycles. The fourth-order valence-electron chi connectivity index (χ4n) is 5.77.